The van der Waals surface area contributed by atoms with E-state index in [1.54, 1.807) is 12.2 Å². The summed E-state index contributed by atoms with van der Waals surface area (Å²) in [4.78, 5) is 16.4. The number of rotatable bonds is 1. The Kier molecular flexibility index (Phi) is 2.92. The molecule has 20 heavy (non-hydrogen) atoms. The van der Waals surface area contributed by atoms with Gasteiger partial charge in [-0.2, -0.15) is 0 Å². The summed E-state index contributed by atoms with van der Waals surface area (Å²) >= 11 is 0. The van der Waals surface area contributed by atoms with Gasteiger partial charge in [-0.25, -0.2) is 18.5 Å². The van der Waals surface area contributed by atoms with Crippen molar-refractivity contribution in [3.8, 4) is 0 Å². The molecule has 1 atom stereocenters. The third-order valence-electron chi connectivity index (χ3n) is 3.37. The topological polar surface area (TPSA) is 90.1 Å². The molecule has 1 unspecified atom stereocenters. The number of fused-ring (bicyclic) bond motifs is 2. The molecule has 0 radical (unpaired) electrons. The fourth-order valence-electron chi connectivity index (χ4n) is 2.42. The maximum Gasteiger partial charge on any atom is 0.272 e. The summed E-state index contributed by atoms with van der Waals surface area (Å²) < 4.78 is 22.6. The molecule has 0 spiro atoms. The summed E-state index contributed by atoms with van der Waals surface area (Å²) in [7, 11) is -4.20. The second kappa shape index (κ2) is 4.50. The third-order valence-corrected chi connectivity index (χ3v) is 4.22. The van der Waals surface area contributed by atoms with Crippen LogP contribution < -0.4 is 5.14 Å². The molecule has 3 rings (SSSR count). The molecular weight excluding hydrogens is 276 g/mol. The van der Waals surface area contributed by atoms with Crippen LogP contribution in [-0.4, -0.2) is 18.5 Å². The van der Waals surface area contributed by atoms with Crippen LogP contribution in [0.4, 0.5) is 0 Å². The molecule has 0 amide bonds. The fourth-order valence-corrected chi connectivity index (χ4v) is 3.04. The highest BCUT2D eigenvalue weighted by atomic mass is 32.2. The number of allylic oxidation sites excluding steroid dienone is 1. The number of nitrogens with two attached hydrogens (primary N) is 1. The Hall–Kier alpha value is -2.05. The number of hydrogen-bond acceptors (Lipinski definition) is 4. The number of primary sulfonamides is 1. The Bertz CT molecular complexity index is 841. The van der Waals surface area contributed by atoms with Crippen LogP contribution in [0, 0.1) is 0 Å². The summed E-state index contributed by atoms with van der Waals surface area (Å²) in [6.45, 7) is 0. The van der Waals surface area contributed by atoms with Crippen molar-refractivity contribution in [2.75, 3.05) is 0 Å². The lowest BCUT2D eigenvalue weighted by Gasteiger charge is -2.19. The average molecular weight is 288 g/mol. The molecule has 0 saturated heterocycles. The smallest absolute Gasteiger partial charge is 0.272 e. The number of carbonyl (C=O) groups excluding carboxylic acids is 1. The van der Waals surface area contributed by atoms with Gasteiger partial charge in [0.1, 0.15) is 0 Å². The SMILES string of the molecule is NS(=O)(=O)C(=O)C1CC=Cc2nc3ccccc3cc21. The van der Waals surface area contributed by atoms with Gasteiger partial charge >= 0.3 is 0 Å². The van der Waals surface area contributed by atoms with Crippen LogP contribution in [0.1, 0.15) is 23.6 Å². The van der Waals surface area contributed by atoms with E-state index in [1.807, 2.05) is 30.3 Å². The van der Waals surface area contributed by atoms with Crippen molar-refractivity contribution in [1.29, 1.82) is 0 Å². The third kappa shape index (κ3) is 2.13. The molecule has 5 nitrogen and oxygen atoms in total. The van der Waals surface area contributed by atoms with Crippen LogP contribution in [0.25, 0.3) is 17.0 Å². The lowest BCUT2D eigenvalue weighted by Crippen LogP contribution is -2.29. The first-order valence-electron chi connectivity index (χ1n) is 6.10. The minimum atomic E-state index is -4.20. The highest BCUT2D eigenvalue weighted by molar-refractivity contribution is 8.04. The van der Waals surface area contributed by atoms with Gasteiger partial charge in [0.25, 0.3) is 15.1 Å². The zero-order valence-corrected chi connectivity index (χ0v) is 11.3. The summed E-state index contributed by atoms with van der Waals surface area (Å²) in [5, 5.41) is 4.87. The number of pyridine rings is 1. The minimum absolute atomic E-state index is 0.322. The zero-order valence-electron chi connectivity index (χ0n) is 10.5. The largest absolute Gasteiger partial charge is 0.279 e. The van der Waals surface area contributed by atoms with Gasteiger partial charge in [0, 0.05) is 5.39 Å². The van der Waals surface area contributed by atoms with E-state index in [0.29, 0.717) is 17.7 Å². The zero-order chi connectivity index (χ0) is 14.3. The van der Waals surface area contributed by atoms with Gasteiger partial charge in [0.05, 0.1) is 17.1 Å². The molecule has 1 aromatic heterocycles. The Morgan fingerprint density at radius 3 is 2.80 bits per heavy atom. The highest BCUT2D eigenvalue weighted by Gasteiger charge is 2.32. The molecular formula is C14H12N2O3S. The van der Waals surface area contributed by atoms with Crippen molar-refractivity contribution in [3.05, 3.63) is 47.7 Å². The second-order valence-corrected chi connectivity index (χ2v) is 6.20. The van der Waals surface area contributed by atoms with Crippen LogP contribution in [0.15, 0.2) is 36.4 Å². The number of aromatic nitrogens is 1. The predicted molar refractivity (Wildman–Crippen MR) is 76.2 cm³/mol. The van der Waals surface area contributed by atoms with E-state index in [2.05, 4.69) is 4.98 Å². The quantitative estimate of drug-likeness (QED) is 0.862. The van der Waals surface area contributed by atoms with E-state index in [4.69, 9.17) is 5.14 Å². The predicted octanol–water partition coefficient (Wildman–Crippen LogP) is 1.55. The Morgan fingerprint density at radius 2 is 2.05 bits per heavy atom. The van der Waals surface area contributed by atoms with Crippen molar-refractivity contribution in [3.63, 3.8) is 0 Å². The minimum Gasteiger partial charge on any atom is -0.279 e. The van der Waals surface area contributed by atoms with Crippen LogP contribution in [0.3, 0.4) is 0 Å². The van der Waals surface area contributed by atoms with Crippen molar-refractivity contribution in [2.24, 2.45) is 5.14 Å². The molecule has 2 aromatic rings. The summed E-state index contributed by atoms with van der Waals surface area (Å²) in [6, 6.07) is 9.30. The van der Waals surface area contributed by atoms with E-state index < -0.39 is 21.1 Å². The van der Waals surface area contributed by atoms with Gasteiger partial charge in [0.15, 0.2) is 0 Å². The molecule has 1 aliphatic carbocycles. The molecule has 0 saturated carbocycles. The first kappa shape index (κ1) is 13.0. The van der Waals surface area contributed by atoms with Crippen LogP contribution in [0.2, 0.25) is 0 Å². The molecule has 6 heteroatoms. The van der Waals surface area contributed by atoms with Gasteiger partial charge in [0.2, 0.25) is 0 Å². The van der Waals surface area contributed by atoms with Crippen LogP contribution in [0.5, 0.6) is 0 Å². The van der Waals surface area contributed by atoms with Crippen molar-refractivity contribution in [2.45, 2.75) is 12.3 Å². The summed E-state index contributed by atoms with van der Waals surface area (Å²) in [5.74, 6) is -0.776. The number of carbonyl (C=O) groups is 1. The highest BCUT2D eigenvalue weighted by Crippen LogP contribution is 2.32. The monoisotopic (exact) mass is 288 g/mol. The normalized spacial score (nSPS) is 17.9. The first-order chi connectivity index (χ1) is 9.47. The molecule has 0 fully saturated rings. The molecule has 1 heterocycles. The number of nitrogens with zero attached hydrogens (tertiary/aromatic N) is 1. The van der Waals surface area contributed by atoms with Crippen LogP contribution >= 0.6 is 0 Å². The van der Waals surface area contributed by atoms with Crippen molar-refractivity contribution < 1.29 is 13.2 Å². The Morgan fingerprint density at radius 1 is 1.30 bits per heavy atom. The molecule has 0 aliphatic heterocycles. The average Bonchev–Trinajstić information content (AvgIpc) is 2.42. The lowest BCUT2D eigenvalue weighted by molar-refractivity contribution is -0.113. The molecule has 1 aliphatic rings. The second-order valence-electron chi connectivity index (χ2n) is 4.71. The lowest BCUT2D eigenvalue weighted by atomic mass is 9.90. The van der Waals surface area contributed by atoms with Gasteiger partial charge in [-0.05, 0) is 30.2 Å². The van der Waals surface area contributed by atoms with E-state index in [1.165, 1.54) is 0 Å². The number of benzene rings is 1. The van der Waals surface area contributed by atoms with E-state index >= 15 is 0 Å². The van der Waals surface area contributed by atoms with Gasteiger partial charge in [-0.15, -0.1) is 0 Å². The number of para-hydroxylation sites is 1. The molecule has 0 bridgehead atoms. The van der Waals surface area contributed by atoms with E-state index in [-0.39, 0.29) is 0 Å². The van der Waals surface area contributed by atoms with Crippen molar-refractivity contribution >= 4 is 32.1 Å². The van der Waals surface area contributed by atoms with Gasteiger partial charge in [-0.3, -0.25) is 4.79 Å². The molecule has 2 N–H and O–H groups in total. The molecule has 1 aromatic carbocycles. The first-order valence-corrected chi connectivity index (χ1v) is 7.64. The maximum absolute atomic E-state index is 11.9. The Balaban J connectivity index is 2.20. The number of hydrogen-bond donors (Lipinski definition) is 1. The van der Waals surface area contributed by atoms with Crippen LogP contribution in [-0.2, 0) is 14.8 Å². The van der Waals surface area contributed by atoms with Crippen molar-refractivity contribution in [1.82, 2.24) is 4.98 Å². The fraction of sp³-hybridized carbons (Fsp3) is 0.143. The van der Waals surface area contributed by atoms with Gasteiger partial charge < -0.3 is 0 Å². The standard InChI is InChI=1S/C14H12N2O3S/c15-20(18,19)14(17)10-5-3-7-13-11(10)8-9-4-1-2-6-12(9)16-13/h1-4,6-8,10H,5H2,(H2,15,18,19). The van der Waals surface area contributed by atoms with E-state index in [0.717, 1.165) is 10.9 Å². The van der Waals surface area contributed by atoms with E-state index in [9.17, 15) is 13.2 Å². The summed E-state index contributed by atoms with van der Waals surface area (Å²) in [6.07, 6.45) is 3.87. The molecule has 102 valence electrons. The number of sulfonamides is 1. The van der Waals surface area contributed by atoms with Gasteiger partial charge in [-0.1, -0.05) is 24.3 Å². The maximum atomic E-state index is 11.9. The summed E-state index contributed by atoms with van der Waals surface area (Å²) in [5.41, 5.74) is 2.04. The Labute approximate surface area is 116 Å².